The summed E-state index contributed by atoms with van der Waals surface area (Å²) in [5, 5.41) is 27.1. The first-order valence-electron chi connectivity index (χ1n) is 15.3. The predicted molar refractivity (Wildman–Crippen MR) is 165 cm³/mol. The zero-order chi connectivity index (χ0) is 32.4. The molecular weight excluding hydrogens is 544 g/mol. The van der Waals surface area contributed by atoms with Crippen molar-refractivity contribution in [3.63, 3.8) is 0 Å². The van der Waals surface area contributed by atoms with Gasteiger partial charge in [0.1, 0.15) is 5.60 Å². The lowest BCUT2D eigenvalue weighted by Crippen LogP contribution is -2.49. The molecule has 0 N–H and O–H groups in total. The van der Waals surface area contributed by atoms with E-state index in [-0.39, 0.29) is 23.1 Å². The molecule has 4 rings (SSSR count). The van der Waals surface area contributed by atoms with E-state index < -0.39 is 5.60 Å². The van der Waals surface area contributed by atoms with Crippen molar-refractivity contribution in [1.29, 1.82) is 10.5 Å². The second-order valence-corrected chi connectivity index (χ2v) is 12.6. The van der Waals surface area contributed by atoms with Gasteiger partial charge in [0, 0.05) is 45.5 Å². The highest BCUT2D eigenvalue weighted by Gasteiger charge is 2.42. The predicted octanol–water partition coefficient (Wildman–Crippen LogP) is 5.73. The van der Waals surface area contributed by atoms with Crippen LogP contribution < -0.4 is 0 Å². The first-order valence-corrected chi connectivity index (χ1v) is 15.3. The molecular formula is C32H50N8O3. The lowest BCUT2D eigenvalue weighted by atomic mass is 9.85. The summed E-state index contributed by atoms with van der Waals surface area (Å²) >= 11 is 0. The first-order chi connectivity index (χ1) is 20.2. The second kappa shape index (κ2) is 15.0. The van der Waals surface area contributed by atoms with Gasteiger partial charge in [0.15, 0.2) is 0 Å². The van der Waals surface area contributed by atoms with Crippen molar-refractivity contribution in [3.8, 4) is 12.1 Å². The van der Waals surface area contributed by atoms with E-state index in [0.29, 0.717) is 57.8 Å². The number of ether oxygens (including phenoxy) is 1. The van der Waals surface area contributed by atoms with Crippen LogP contribution >= 0.6 is 0 Å². The van der Waals surface area contributed by atoms with E-state index >= 15 is 0 Å². The summed E-state index contributed by atoms with van der Waals surface area (Å²) in [6.07, 6.45) is 10.4. The largest absolute Gasteiger partial charge is 0.444 e. The minimum atomic E-state index is -0.494. The number of aromatic nitrogens is 4. The van der Waals surface area contributed by atoms with Gasteiger partial charge in [-0.15, -0.1) is 0 Å². The molecule has 2 saturated heterocycles. The summed E-state index contributed by atoms with van der Waals surface area (Å²) in [6, 6.07) is 4.52. The topological polar surface area (TPSA) is 133 Å². The molecule has 2 aliphatic heterocycles. The Balaban J connectivity index is 0.000000298. The van der Waals surface area contributed by atoms with Gasteiger partial charge in [-0.25, -0.2) is 4.79 Å². The molecule has 0 radical (unpaired) electrons. The Kier molecular flexibility index (Phi) is 12.4. The van der Waals surface area contributed by atoms with Crippen molar-refractivity contribution in [2.45, 2.75) is 117 Å². The molecule has 0 aliphatic carbocycles. The Hall–Kier alpha value is -3.86. The van der Waals surface area contributed by atoms with Gasteiger partial charge in [-0.2, -0.15) is 20.7 Å². The number of hydrogen-bond acceptors (Lipinski definition) is 7. The van der Waals surface area contributed by atoms with Crippen LogP contribution in [-0.2, 0) is 20.6 Å². The average Bonchev–Trinajstić information content (AvgIpc) is 3.71. The number of rotatable bonds is 5. The van der Waals surface area contributed by atoms with Crippen LogP contribution in [0.4, 0.5) is 4.79 Å². The van der Waals surface area contributed by atoms with Crippen molar-refractivity contribution >= 4 is 12.0 Å². The Bertz CT molecular complexity index is 1280. The number of nitriles is 2. The molecule has 4 heterocycles. The highest BCUT2D eigenvalue weighted by molar-refractivity contribution is 5.73. The van der Waals surface area contributed by atoms with Gasteiger partial charge in [-0.1, -0.05) is 27.7 Å². The van der Waals surface area contributed by atoms with Crippen molar-refractivity contribution in [2.75, 3.05) is 26.2 Å². The highest BCUT2D eigenvalue weighted by Crippen LogP contribution is 2.35. The van der Waals surface area contributed by atoms with Crippen molar-refractivity contribution in [2.24, 2.45) is 0 Å². The lowest BCUT2D eigenvalue weighted by molar-refractivity contribution is -0.128. The maximum atomic E-state index is 12.2. The Morgan fingerprint density at radius 1 is 0.930 bits per heavy atom. The summed E-state index contributed by atoms with van der Waals surface area (Å²) in [5.41, 5.74) is 1.08. The number of nitrogens with zero attached hydrogens (tertiary/aromatic N) is 8. The third kappa shape index (κ3) is 9.06. The van der Waals surface area contributed by atoms with Crippen molar-refractivity contribution in [3.05, 3.63) is 35.9 Å². The molecule has 0 aromatic carbocycles. The quantitative estimate of drug-likeness (QED) is 0.432. The molecule has 2 fully saturated rings. The van der Waals surface area contributed by atoms with Gasteiger partial charge < -0.3 is 14.5 Å². The van der Waals surface area contributed by atoms with E-state index in [1.807, 2.05) is 69.5 Å². The van der Waals surface area contributed by atoms with Crippen LogP contribution in [0.25, 0.3) is 0 Å². The molecule has 43 heavy (non-hydrogen) atoms. The smallest absolute Gasteiger partial charge is 0.410 e. The van der Waals surface area contributed by atoms with E-state index in [1.165, 1.54) is 5.56 Å². The fourth-order valence-corrected chi connectivity index (χ4v) is 5.32. The molecule has 0 saturated carbocycles. The zero-order valence-electron chi connectivity index (χ0n) is 27.6. The van der Waals surface area contributed by atoms with E-state index in [4.69, 9.17) is 10.00 Å². The normalized spacial score (nSPS) is 19.3. The van der Waals surface area contributed by atoms with Crippen molar-refractivity contribution in [1.82, 2.24) is 29.4 Å². The standard InChI is InChI=1S/C18H28N4O2.C12H16N4O.C2H6/c1-14(2)15-12-20-22(13-15)18(6-9-19)7-10-21(11-8-18)16(23)24-17(3,4)5;1-10-7-14-16(8-10)12(3-5-13)4-6-15(9-12)11(2)17;1-2/h12-14H,6-8,10-11H2,1-5H3;7-8H,3-4,6,9H2,1-2H3;1-2H3. The molecule has 0 bridgehead atoms. The van der Waals surface area contributed by atoms with Crippen LogP contribution in [-0.4, -0.2) is 73.1 Å². The first kappa shape index (κ1) is 35.3. The van der Waals surface area contributed by atoms with Gasteiger partial charge in [0.2, 0.25) is 5.91 Å². The molecule has 11 nitrogen and oxygen atoms in total. The molecule has 2 amide bonds. The maximum Gasteiger partial charge on any atom is 0.410 e. The number of likely N-dealkylation sites (tertiary alicyclic amines) is 2. The Morgan fingerprint density at radius 3 is 1.88 bits per heavy atom. The summed E-state index contributed by atoms with van der Waals surface area (Å²) in [5.74, 6) is 0.466. The van der Waals surface area contributed by atoms with Crippen LogP contribution in [0.3, 0.4) is 0 Å². The molecule has 236 valence electrons. The maximum absolute atomic E-state index is 12.2. The molecule has 11 heteroatoms. The van der Waals surface area contributed by atoms with E-state index in [9.17, 15) is 14.9 Å². The fourth-order valence-electron chi connectivity index (χ4n) is 5.32. The van der Waals surface area contributed by atoms with Crippen LogP contribution in [0.1, 0.15) is 105 Å². The average molecular weight is 595 g/mol. The third-order valence-electron chi connectivity index (χ3n) is 7.89. The van der Waals surface area contributed by atoms with Gasteiger partial charge in [0.25, 0.3) is 0 Å². The molecule has 2 aliphatic rings. The second-order valence-electron chi connectivity index (χ2n) is 12.6. The molecule has 1 unspecified atom stereocenters. The van der Waals surface area contributed by atoms with Gasteiger partial charge in [-0.05, 0) is 64.0 Å². The molecule has 0 spiro atoms. The minimum absolute atomic E-state index is 0.0636. The number of hydrogen-bond donors (Lipinski definition) is 0. The van der Waals surface area contributed by atoms with Gasteiger partial charge in [0.05, 0.1) is 48.5 Å². The van der Waals surface area contributed by atoms with Crippen molar-refractivity contribution < 1.29 is 14.3 Å². The summed E-state index contributed by atoms with van der Waals surface area (Å²) in [6.45, 7) is 19.8. The zero-order valence-corrected chi connectivity index (χ0v) is 27.6. The SMILES string of the molecule is CC.CC(=O)N1CCC(CC#N)(n2cc(C)cn2)C1.CC(C)c1cnn(C2(CC#N)CCN(C(=O)OC(C)(C)C)CC2)c1. The van der Waals surface area contributed by atoms with Crippen LogP contribution in [0.5, 0.6) is 0 Å². The third-order valence-corrected chi connectivity index (χ3v) is 7.89. The summed E-state index contributed by atoms with van der Waals surface area (Å²) < 4.78 is 9.24. The van der Waals surface area contributed by atoms with E-state index in [0.717, 1.165) is 12.0 Å². The van der Waals surface area contributed by atoms with Crippen LogP contribution in [0.2, 0.25) is 0 Å². The molecule has 1 atom stereocenters. The Morgan fingerprint density at radius 2 is 1.44 bits per heavy atom. The van der Waals surface area contributed by atoms with Gasteiger partial charge >= 0.3 is 6.09 Å². The summed E-state index contributed by atoms with van der Waals surface area (Å²) in [4.78, 5) is 27.1. The number of carbonyl (C=O) groups is 2. The number of piperidine rings is 1. The van der Waals surface area contributed by atoms with E-state index in [2.05, 4.69) is 36.2 Å². The molecule has 2 aromatic rings. The number of amides is 2. The molecule has 2 aromatic heterocycles. The highest BCUT2D eigenvalue weighted by atomic mass is 16.6. The summed E-state index contributed by atoms with van der Waals surface area (Å²) in [7, 11) is 0. The monoisotopic (exact) mass is 594 g/mol. The van der Waals surface area contributed by atoms with E-state index in [1.54, 1.807) is 22.9 Å². The lowest BCUT2D eigenvalue weighted by Gasteiger charge is -2.41. The van der Waals surface area contributed by atoms with Gasteiger partial charge in [-0.3, -0.25) is 14.2 Å². The number of aryl methyl sites for hydroxylation is 1. The number of carbonyl (C=O) groups excluding carboxylic acids is 2. The Labute approximate surface area is 257 Å². The van der Waals surface area contributed by atoms with Crippen LogP contribution in [0.15, 0.2) is 24.8 Å². The van der Waals surface area contributed by atoms with Crippen LogP contribution in [0, 0.1) is 29.6 Å². The fraction of sp³-hybridized carbons (Fsp3) is 0.688. The minimum Gasteiger partial charge on any atom is -0.444 e.